The van der Waals surface area contributed by atoms with Crippen molar-refractivity contribution < 1.29 is 0 Å². The molecule has 0 radical (unpaired) electrons. The zero-order valence-electron chi connectivity index (χ0n) is 9.54. The Morgan fingerprint density at radius 2 is 1.81 bits per heavy atom. The van der Waals surface area contributed by atoms with Crippen molar-refractivity contribution >= 4 is 23.6 Å². The summed E-state index contributed by atoms with van der Waals surface area (Å²) in [6.45, 7) is 4.34. The van der Waals surface area contributed by atoms with Gasteiger partial charge in [-0.25, -0.2) is 0 Å². The monoisotopic (exact) mass is 249 g/mol. The van der Waals surface area contributed by atoms with Gasteiger partial charge >= 0.3 is 0 Å². The minimum absolute atomic E-state index is 0.867. The number of H-pyrrole nitrogens is 1. The molecule has 1 N–H and O–H groups in total. The van der Waals surface area contributed by atoms with Crippen molar-refractivity contribution in [2.24, 2.45) is 0 Å². The highest BCUT2D eigenvalue weighted by atomic mass is 32.1. The largest absolute Gasteiger partial charge is 0.337 e. The molecular weight excluding hydrogens is 234 g/mol. The van der Waals surface area contributed by atoms with Gasteiger partial charge in [-0.1, -0.05) is 38.1 Å². The van der Waals surface area contributed by atoms with Crippen molar-refractivity contribution in [2.75, 3.05) is 0 Å². The van der Waals surface area contributed by atoms with Crippen LogP contribution in [0.3, 0.4) is 0 Å². The summed E-state index contributed by atoms with van der Waals surface area (Å²) in [4.78, 5) is 4.62. The molecule has 0 aliphatic heterocycles. The molecule has 1 aromatic heterocycles. The Bertz CT molecular complexity index is 520. The molecule has 1 nitrogen and oxygen atoms in total. The van der Waals surface area contributed by atoms with Crippen LogP contribution in [0.25, 0.3) is 11.3 Å². The van der Waals surface area contributed by atoms with E-state index in [1.165, 1.54) is 21.7 Å². The number of hydrogen-bond acceptors (Lipinski definition) is 2. The van der Waals surface area contributed by atoms with Gasteiger partial charge in [0.1, 0.15) is 0 Å². The van der Waals surface area contributed by atoms with Gasteiger partial charge in [0.25, 0.3) is 0 Å². The van der Waals surface area contributed by atoms with Crippen molar-refractivity contribution in [1.29, 1.82) is 0 Å². The lowest BCUT2D eigenvalue weighted by Crippen LogP contribution is -1.85. The predicted octanol–water partition coefficient (Wildman–Crippen LogP) is 4.60. The highest BCUT2D eigenvalue weighted by Crippen LogP contribution is 2.27. The van der Waals surface area contributed by atoms with Gasteiger partial charge in [0.05, 0.1) is 5.69 Å². The lowest BCUT2D eigenvalue weighted by atomic mass is 10.1. The molecule has 2 rings (SSSR count). The molecule has 1 aromatic carbocycles. The van der Waals surface area contributed by atoms with E-state index in [0.29, 0.717) is 0 Å². The van der Waals surface area contributed by atoms with E-state index in [2.05, 4.69) is 43.1 Å². The summed E-state index contributed by atoms with van der Waals surface area (Å²) in [7, 11) is 0. The molecular formula is C13H15NS2. The lowest BCUT2D eigenvalue weighted by molar-refractivity contribution is 1.14. The van der Waals surface area contributed by atoms with E-state index in [-0.39, 0.29) is 0 Å². The first-order valence-electron chi connectivity index (χ1n) is 5.56. The molecule has 16 heavy (non-hydrogen) atoms. The highest BCUT2D eigenvalue weighted by molar-refractivity contribution is 7.73. The SMILES string of the molecule is CCc1ccc(-c2[nH]c(=S)sc2CC)cc1. The molecule has 2 aromatic rings. The smallest absolute Gasteiger partial charge is 0.159 e. The maximum Gasteiger partial charge on any atom is 0.159 e. The Balaban J connectivity index is 2.45. The summed E-state index contributed by atoms with van der Waals surface area (Å²) in [6, 6.07) is 8.71. The summed E-state index contributed by atoms with van der Waals surface area (Å²) in [5.41, 5.74) is 3.80. The first-order valence-corrected chi connectivity index (χ1v) is 6.78. The minimum Gasteiger partial charge on any atom is -0.337 e. The molecule has 0 spiro atoms. The van der Waals surface area contributed by atoms with Gasteiger partial charge in [0.2, 0.25) is 0 Å². The second-order valence-electron chi connectivity index (χ2n) is 3.72. The zero-order valence-corrected chi connectivity index (χ0v) is 11.2. The Morgan fingerprint density at radius 1 is 1.12 bits per heavy atom. The van der Waals surface area contributed by atoms with Gasteiger partial charge in [-0.2, -0.15) is 0 Å². The van der Waals surface area contributed by atoms with Crippen molar-refractivity contribution in [3.8, 4) is 11.3 Å². The predicted molar refractivity (Wildman–Crippen MR) is 73.7 cm³/mol. The van der Waals surface area contributed by atoms with Crippen LogP contribution in [0.15, 0.2) is 24.3 Å². The first kappa shape index (κ1) is 11.6. The third-order valence-electron chi connectivity index (χ3n) is 2.69. The van der Waals surface area contributed by atoms with Crippen LogP contribution in [0.5, 0.6) is 0 Å². The zero-order chi connectivity index (χ0) is 11.5. The molecule has 0 amide bonds. The number of aryl methyl sites for hydroxylation is 2. The van der Waals surface area contributed by atoms with Crippen LogP contribution in [0.1, 0.15) is 24.3 Å². The molecule has 0 bridgehead atoms. The molecule has 1 heterocycles. The highest BCUT2D eigenvalue weighted by Gasteiger charge is 2.06. The fourth-order valence-electron chi connectivity index (χ4n) is 1.75. The van der Waals surface area contributed by atoms with Gasteiger partial charge in [-0.3, -0.25) is 0 Å². The molecule has 0 fully saturated rings. The van der Waals surface area contributed by atoms with Crippen molar-refractivity contribution in [3.63, 3.8) is 0 Å². The maximum absolute atomic E-state index is 5.20. The Labute approximate surface area is 105 Å². The number of hydrogen-bond donors (Lipinski definition) is 1. The average Bonchev–Trinajstić information content (AvgIpc) is 2.70. The van der Waals surface area contributed by atoms with Crippen LogP contribution < -0.4 is 0 Å². The topological polar surface area (TPSA) is 15.8 Å². The van der Waals surface area contributed by atoms with E-state index in [4.69, 9.17) is 12.2 Å². The number of benzene rings is 1. The van der Waals surface area contributed by atoms with E-state index < -0.39 is 0 Å². The van der Waals surface area contributed by atoms with E-state index in [1.807, 2.05) is 0 Å². The lowest BCUT2D eigenvalue weighted by Gasteiger charge is -2.02. The van der Waals surface area contributed by atoms with Crippen LogP contribution in [-0.2, 0) is 12.8 Å². The quantitative estimate of drug-likeness (QED) is 0.786. The van der Waals surface area contributed by atoms with E-state index in [1.54, 1.807) is 11.3 Å². The van der Waals surface area contributed by atoms with E-state index in [9.17, 15) is 0 Å². The molecule has 0 unspecified atom stereocenters. The third kappa shape index (κ3) is 2.25. The van der Waals surface area contributed by atoms with Gasteiger partial charge in [-0.15, -0.1) is 11.3 Å². The van der Waals surface area contributed by atoms with Crippen LogP contribution in [0, 0.1) is 3.95 Å². The molecule has 0 aliphatic rings. The standard InChI is InChI=1S/C13H15NS2/c1-3-9-5-7-10(8-6-9)12-11(4-2)16-13(15)14-12/h5-8H,3-4H2,1-2H3,(H,14,15). The Morgan fingerprint density at radius 3 is 2.38 bits per heavy atom. The van der Waals surface area contributed by atoms with E-state index >= 15 is 0 Å². The van der Waals surface area contributed by atoms with Gasteiger partial charge in [0.15, 0.2) is 3.95 Å². The van der Waals surface area contributed by atoms with Crippen LogP contribution in [0.4, 0.5) is 0 Å². The van der Waals surface area contributed by atoms with Crippen LogP contribution in [-0.4, -0.2) is 4.98 Å². The van der Waals surface area contributed by atoms with Gasteiger partial charge in [-0.05, 0) is 36.2 Å². The summed E-state index contributed by atoms with van der Waals surface area (Å²) in [5.74, 6) is 0. The summed E-state index contributed by atoms with van der Waals surface area (Å²) < 4.78 is 0.867. The molecule has 3 heteroatoms. The van der Waals surface area contributed by atoms with E-state index in [0.717, 1.165) is 16.8 Å². The Kier molecular flexibility index (Phi) is 3.56. The number of thiazole rings is 1. The normalized spacial score (nSPS) is 10.6. The fraction of sp³-hybridized carbons (Fsp3) is 0.308. The van der Waals surface area contributed by atoms with Crippen molar-refractivity contribution in [2.45, 2.75) is 26.7 Å². The number of rotatable bonds is 3. The first-order chi connectivity index (χ1) is 7.74. The fourth-order valence-corrected chi connectivity index (χ4v) is 2.95. The summed E-state index contributed by atoms with van der Waals surface area (Å²) in [5, 5.41) is 0. The minimum atomic E-state index is 0.867. The molecule has 0 saturated carbocycles. The number of aromatic amines is 1. The van der Waals surface area contributed by atoms with Crippen LogP contribution >= 0.6 is 23.6 Å². The molecule has 84 valence electrons. The third-order valence-corrected chi connectivity index (χ3v) is 4.07. The summed E-state index contributed by atoms with van der Waals surface area (Å²) in [6.07, 6.45) is 2.11. The molecule has 0 saturated heterocycles. The second kappa shape index (κ2) is 4.93. The maximum atomic E-state index is 5.20. The summed E-state index contributed by atoms with van der Waals surface area (Å²) >= 11 is 6.88. The molecule has 0 atom stereocenters. The van der Waals surface area contributed by atoms with Crippen molar-refractivity contribution in [1.82, 2.24) is 4.98 Å². The van der Waals surface area contributed by atoms with Gasteiger partial charge in [0, 0.05) is 4.88 Å². The molecule has 0 aliphatic carbocycles. The number of aromatic nitrogens is 1. The van der Waals surface area contributed by atoms with Crippen molar-refractivity contribution in [3.05, 3.63) is 38.7 Å². The van der Waals surface area contributed by atoms with Gasteiger partial charge < -0.3 is 4.98 Å². The average molecular weight is 249 g/mol. The Hall–Kier alpha value is -0.930. The number of nitrogens with one attached hydrogen (secondary N) is 1. The second-order valence-corrected chi connectivity index (χ2v) is 5.49. The van der Waals surface area contributed by atoms with Crippen LogP contribution in [0.2, 0.25) is 0 Å².